The molecule has 1 saturated heterocycles. The SMILES string of the molecule is O=C1C=CC2(N1)SCNC2=O. The maximum Gasteiger partial charge on any atom is 0.261 e. The van der Waals surface area contributed by atoms with Crippen LogP contribution in [-0.4, -0.2) is 22.6 Å². The zero-order valence-corrected chi connectivity index (χ0v) is 6.40. The minimum atomic E-state index is -0.795. The monoisotopic (exact) mass is 170 g/mol. The number of amides is 2. The fourth-order valence-corrected chi connectivity index (χ4v) is 2.06. The molecule has 2 amide bonds. The quantitative estimate of drug-likeness (QED) is 0.500. The molecule has 1 spiro atoms. The van der Waals surface area contributed by atoms with Gasteiger partial charge in [-0.15, -0.1) is 0 Å². The van der Waals surface area contributed by atoms with Crippen LogP contribution in [0.4, 0.5) is 0 Å². The Morgan fingerprint density at radius 1 is 1.55 bits per heavy atom. The van der Waals surface area contributed by atoms with E-state index in [2.05, 4.69) is 10.6 Å². The average Bonchev–Trinajstić information content (AvgIpc) is 2.46. The number of hydrogen-bond donors (Lipinski definition) is 2. The Morgan fingerprint density at radius 2 is 2.36 bits per heavy atom. The van der Waals surface area contributed by atoms with E-state index < -0.39 is 4.87 Å². The second-order valence-corrected chi connectivity index (χ2v) is 3.57. The molecule has 1 unspecified atom stereocenters. The third-order valence-corrected chi connectivity index (χ3v) is 2.82. The van der Waals surface area contributed by atoms with Gasteiger partial charge in [0.05, 0.1) is 5.88 Å². The molecule has 0 aliphatic carbocycles. The number of nitrogens with one attached hydrogen (secondary N) is 2. The topological polar surface area (TPSA) is 58.2 Å². The van der Waals surface area contributed by atoms with Gasteiger partial charge in [-0.3, -0.25) is 9.59 Å². The van der Waals surface area contributed by atoms with Crippen molar-refractivity contribution in [1.82, 2.24) is 10.6 Å². The molecular weight excluding hydrogens is 164 g/mol. The van der Waals surface area contributed by atoms with Crippen LogP contribution in [0.3, 0.4) is 0 Å². The van der Waals surface area contributed by atoms with Gasteiger partial charge in [-0.05, 0) is 6.08 Å². The molecule has 4 nitrogen and oxygen atoms in total. The van der Waals surface area contributed by atoms with Gasteiger partial charge < -0.3 is 10.6 Å². The summed E-state index contributed by atoms with van der Waals surface area (Å²) in [6.45, 7) is 0. The first kappa shape index (κ1) is 6.72. The number of carbonyl (C=O) groups is 2. The number of hydrogen-bond acceptors (Lipinski definition) is 3. The predicted octanol–water partition coefficient (Wildman–Crippen LogP) is -0.811. The van der Waals surface area contributed by atoms with Crippen LogP contribution in [0.25, 0.3) is 0 Å². The second kappa shape index (κ2) is 2.01. The van der Waals surface area contributed by atoms with Crippen LogP contribution >= 0.6 is 11.8 Å². The lowest BCUT2D eigenvalue weighted by Gasteiger charge is -2.15. The van der Waals surface area contributed by atoms with Gasteiger partial charge in [-0.2, -0.15) is 0 Å². The fraction of sp³-hybridized carbons (Fsp3) is 0.333. The standard InChI is InChI=1S/C6H6N2O2S/c9-4-1-2-6(8-4)5(10)7-3-11-6/h1-2H,3H2,(H,7,10)(H,8,9). The lowest BCUT2D eigenvalue weighted by molar-refractivity contribution is -0.125. The molecule has 0 saturated carbocycles. The van der Waals surface area contributed by atoms with E-state index >= 15 is 0 Å². The predicted molar refractivity (Wildman–Crippen MR) is 40.6 cm³/mol. The molecule has 2 rings (SSSR count). The first-order valence-corrected chi connectivity index (χ1v) is 4.15. The molecule has 1 atom stereocenters. The highest BCUT2D eigenvalue weighted by Crippen LogP contribution is 2.31. The van der Waals surface area contributed by atoms with Crippen LogP contribution in [0.15, 0.2) is 12.2 Å². The molecule has 2 aliphatic rings. The molecule has 1 fully saturated rings. The summed E-state index contributed by atoms with van der Waals surface area (Å²) in [5, 5.41) is 5.21. The Balaban J connectivity index is 2.31. The summed E-state index contributed by atoms with van der Waals surface area (Å²) < 4.78 is 0. The third-order valence-electron chi connectivity index (χ3n) is 1.65. The van der Waals surface area contributed by atoms with Crippen LogP contribution in [0.5, 0.6) is 0 Å². The summed E-state index contributed by atoms with van der Waals surface area (Å²) >= 11 is 1.38. The van der Waals surface area contributed by atoms with Gasteiger partial charge in [0, 0.05) is 6.08 Å². The Hall–Kier alpha value is -0.970. The summed E-state index contributed by atoms with van der Waals surface area (Å²) in [6, 6.07) is 0. The smallest absolute Gasteiger partial charge is 0.261 e. The van der Waals surface area contributed by atoms with Gasteiger partial charge in [0.15, 0.2) is 4.87 Å². The van der Waals surface area contributed by atoms with Gasteiger partial charge in [0.2, 0.25) is 5.91 Å². The Bertz CT molecular complexity index is 263. The van der Waals surface area contributed by atoms with Gasteiger partial charge in [0.1, 0.15) is 0 Å². The van der Waals surface area contributed by atoms with E-state index in [0.29, 0.717) is 5.88 Å². The summed E-state index contributed by atoms with van der Waals surface area (Å²) in [5.74, 6) is 0.225. The van der Waals surface area contributed by atoms with Crippen LogP contribution in [-0.2, 0) is 9.59 Å². The van der Waals surface area contributed by atoms with E-state index in [1.54, 1.807) is 6.08 Å². The molecule has 2 heterocycles. The van der Waals surface area contributed by atoms with Gasteiger partial charge in [0.25, 0.3) is 5.91 Å². The van der Waals surface area contributed by atoms with Crippen molar-refractivity contribution in [2.45, 2.75) is 4.87 Å². The fourth-order valence-electron chi connectivity index (χ4n) is 1.09. The average molecular weight is 170 g/mol. The summed E-state index contributed by atoms with van der Waals surface area (Å²) in [4.78, 5) is 21.1. The van der Waals surface area contributed by atoms with Gasteiger partial charge in [-0.25, -0.2) is 0 Å². The van der Waals surface area contributed by atoms with Crippen molar-refractivity contribution in [1.29, 1.82) is 0 Å². The van der Waals surface area contributed by atoms with E-state index in [4.69, 9.17) is 0 Å². The normalized spacial score (nSPS) is 34.5. The zero-order chi connectivity index (χ0) is 7.90. The number of carbonyl (C=O) groups excluding carboxylic acids is 2. The first-order chi connectivity index (χ1) is 5.23. The van der Waals surface area contributed by atoms with E-state index in [-0.39, 0.29) is 11.8 Å². The van der Waals surface area contributed by atoms with Crippen molar-refractivity contribution in [2.75, 3.05) is 5.88 Å². The molecule has 2 aliphatic heterocycles. The highest BCUT2D eigenvalue weighted by molar-refractivity contribution is 8.02. The molecule has 0 aromatic carbocycles. The molecule has 58 valence electrons. The molecular formula is C6H6N2O2S. The minimum absolute atomic E-state index is 0.135. The lowest BCUT2D eigenvalue weighted by atomic mass is 10.3. The third kappa shape index (κ3) is 0.841. The van der Waals surface area contributed by atoms with Crippen LogP contribution in [0.1, 0.15) is 0 Å². The molecule has 2 N–H and O–H groups in total. The summed E-state index contributed by atoms with van der Waals surface area (Å²) in [7, 11) is 0. The van der Waals surface area contributed by atoms with E-state index in [1.807, 2.05) is 0 Å². The highest BCUT2D eigenvalue weighted by atomic mass is 32.2. The Morgan fingerprint density at radius 3 is 2.82 bits per heavy atom. The maximum atomic E-state index is 11.1. The first-order valence-electron chi connectivity index (χ1n) is 3.17. The van der Waals surface area contributed by atoms with Gasteiger partial charge in [-0.1, -0.05) is 11.8 Å². The maximum absolute atomic E-state index is 11.1. The second-order valence-electron chi connectivity index (χ2n) is 2.35. The molecule has 0 bridgehead atoms. The summed E-state index contributed by atoms with van der Waals surface area (Å²) in [6.07, 6.45) is 2.99. The van der Waals surface area contributed by atoms with Crippen molar-refractivity contribution < 1.29 is 9.59 Å². The van der Waals surface area contributed by atoms with Crippen LogP contribution in [0.2, 0.25) is 0 Å². The van der Waals surface area contributed by atoms with Crippen molar-refractivity contribution >= 4 is 23.6 Å². The van der Waals surface area contributed by atoms with Crippen molar-refractivity contribution in [3.63, 3.8) is 0 Å². The Kier molecular flexibility index (Phi) is 1.23. The van der Waals surface area contributed by atoms with Crippen molar-refractivity contribution in [2.24, 2.45) is 0 Å². The lowest BCUT2D eigenvalue weighted by Crippen LogP contribution is -2.46. The number of thioether (sulfide) groups is 1. The van der Waals surface area contributed by atoms with Gasteiger partial charge >= 0.3 is 0 Å². The molecule has 0 aromatic heterocycles. The minimum Gasteiger partial charge on any atom is -0.344 e. The van der Waals surface area contributed by atoms with Crippen LogP contribution < -0.4 is 10.6 Å². The summed E-state index contributed by atoms with van der Waals surface area (Å²) in [5.41, 5.74) is 0. The van der Waals surface area contributed by atoms with Crippen molar-refractivity contribution in [3.05, 3.63) is 12.2 Å². The van der Waals surface area contributed by atoms with E-state index in [1.165, 1.54) is 17.8 Å². The highest BCUT2D eigenvalue weighted by Gasteiger charge is 2.44. The van der Waals surface area contributed by atoms with E-state index in [9.17, 15) is 9.59 Å². The van der Waals surface area contributed by atoms with E-state index in [0.717, 1.165) is 0 Å². The molecule has 0 radical (unpaired) electrons. The molecule has 5 heteroatoms. The zero-order valence-electron chi connectivity index (χ0n) is 5.59. The molecule has 0 aromatic rings. The number of rotatable bonds is 0. The molecule has 11 heavy (non-hydrogen) atoms. The Labute approximate surface area is 67.4 Å². The van der Waals surface area contributed by atoms with Crippen molar-refractivity contribution in [3.8, 4) is 0 Å². The van der Waals surface area contributed by atoms with Crippen LogP contribution in [0, 0.1) is 0 Å². The largest absolute Gasteiger partial charge is 0.344 e.